The van der Waals surface area contributed by atoms with E-state index in [2.05, 4.69) is 6.92 Å². The van der Waals surface area contributed by atoms with E-state index in [4.69, 9.17) is 9.47 Å². The summed E-state index contributed by atoms with van der Waals surface area (Å²) in [6.07, 6.45) is 1.97. The lowest BCUT2D eigenvalue weighted by atomic mass is 10.0. The summed E-state index contributed by atoms with van der Waals surface area (Å²) in [5.74, 6) is 1.39. The summed E-state index contributed by atoms with van der Waals surface area (Å²) >= 11 is 0. The molecule has 0 radical (unpaired) electrons. The summed E-state index contributed by atoms with van der Waals surface area (Å²) in [6, 6.07) is 3.37. The van der Waals surface area contributed by atoms with E-state index >= 15 is 0 Å². The predicted octanol–water partition coefficient (Wildman–Crippen LogP) is 3.21. The molecule has 1 aliphatic heterocycles. The highest BCUT2D eigenvalue weighted by molar-refractivity contribution is 7.89. The lowest BCUT2D eigenvalue weighted by Gasteiger charge is -2.30. The third kappa shape index (κ3) is 3.98. The first-order valence-electron chi connectivity index (χ1n) is 8.30. The van der Waals surface area contributed by atoms with Crippen LogP contribution in [0.1, 0.15) is 39.2 Å². The van der Waals surface area contributed by atoms with Crippen molar-refractivity contribution in [1.29, 1.82) is 0 Å². The number of benzene rings is 1. The van der Waals surface area contributed by atoms with Crippen LogP contribution >= 0.6 is 0 Å². The number of nitrogens with zero attached hydrogens (tertiary/aromatic N) is 1. The van der Waals surface area contributed by atoms with Crippen LogP contribution in [0, 0.1) is 12.8 Å². The number of ether oxygens (including phenoxy) is 2. The minimum Gasteiger partial charge on any atom is -0.494 e. The average molecular weight is 341 g/mol. The van der Waals surface area contributed by atoms with Gasteiger partial charge in [0.25, 0.3) is 0 Å². The van der Waals surface area contributed by atoms with Gasteiger partial charge >= 0.3 is 0 Å². The molecule has 0 spiro atoms. The smallest absolute Gasteiger partial charge is 0.246 e. The van der Waals surface area contributed by atoms with E-state index in [1.54, 1.807) is 16.4 Å². The Morgan fingerprint density at radius 3 is 2.43 bits per heavy atom. The molecule has 1 aromatic carbocycles. The van der Waals surface area contributed by atoms with Gasteiger partial charge < -0.3 is 9.47 Å². The Labute approximate surface area is 139 Å². The molecule has 0 amide bonds. The highest BCUT2D eigenvalue weighted by Crippen LogP contribution is 2.35. The molecule has 130 valence electrons. The number of aryl methyl sites for hydroxylation is 1. The van der Waals surface area contributed by atoms with Crippen LogP contribution in [-0.4, -0.2) is 39.0 Å². The van der Waals surface area contributed by atoms with Gasteiger partial charge in [-0.15, -0.1) is 0 Å². The van der Waals surface area contributed by atoms with Gasteiger partial charge in [-0.05, 0) is 51.2 Å². The van der Waals surface area contributed by atoms with Crippen molar-refractivity contribution in [2.24, 2.45) is 5.92 Å². The van der Waals surface area contributed by atoms with Gasteiger partial charge in [-0.1, -0.05) is 6.92 Å². The minimum atomic E-state index is -3.58. The summed E-state index contributed by atoms with van der Waals surface area (Å²) in [5.41, 5.74) is 0.876. The van der Waals surface area contributed by atoms with Crippen molar-refractivity contribution < 1.29 is 17.9 Å². The van der Waals surface area contributed by atoms with E-state index in [0.717, 1.165) is 18.4 Å². The molecule has 1 fully saturated rings. The highest BCUT2D eigenvalue weighted by atomic mass is 32.2. The van der Waals surface area contributed by atoms with E-state index in [1.165, 1.54) is 0 Å². The molecule has 0 saturated carbocycles. The van der Waals surface area contributed by atoms with Crippen molar-refractivity contribution in [1.82, 2.24) is 4.31 Å². The van der Waals surface area contributed by atoms with Gasteiger partial charge in [0, 0.05) is 19.2 Å². The molecule has 2 rings (SSSR count). The van der Waals surface area contributed by atoms with Crippen LogP contribution in [0.3, 0.4) is 0 Å². The number of hydrogen-bond acceptors (Lipinski definition) is 4. The zero-order chi connectivity index (χ0) is 17.0. The largest absolute Gasteiger partial charge is 0.494 e. The molecule has 0 bridgehead atoms. The van der Waals surface area contributed by atoms with Crippen molar-refractivity contribution in [2.75, 3.05) is 26.3 Å². The first kappa shape index (κ1) is 18.1. The average Bonchev–Trinajstić information content (AvgIpc) is 2.50. The van der Waals surface area contributed by atoms with Crippen molar-refractivity contribution >= 4 is 10.0 Å². The summed E-state index contributed by atoms with van der Waals surface area (Å²) in [7, 11) is -3.58. The highest BCUT2D eigenvalue weighted by Gasteiger charge is 2.32. The lowest BCUT2D eigenvalue weighted by molar-refractivity contribution is 0.278. The fourth-order valence-electron chi connectivity index (χ4n) is 2.93. The maximum Gasteiger partial charge on any atom is 0.246 e. The summed E-state index contributed by atoms with van der Waals surface area (Å²) in [5, 5.41) is 0. The van der Waals surface area contributed by atoms with Gasteiger partial charge in [-0.2, -0.15) is 4.31 Å². The fraction of sp³-hybridized carbons (Fsp3) is 0.647. The number of piperidine rings is 1. The Morgan fingerprint density at radius 2 is 1.83 bits per heavy atom. The number of sulfonamides is 1. The van der Waals surface area contributed by atoms with Crippen molar-refractivity contribution in [3.8, 4) is 11.5 Å². The number of hydrogen-bond donors (Lipinski definition) is 0. The summed E-state index contributed by atoms with van der Waals surface area (Å²) in [4.78, 5) is 0.211. The zero-order valence-electron chi connectivity index (χ0n) is 14.5. The van der Waals surface area contributed by atoms with Crippen LogP contribution in [0.5, 0.6) is 11.5 Å². The van der Waals surface area contributed by atoms with Gasteiger partial charge in [-0.3, -0.25) is 0 Å². The second-order valence-electron chi connectivity index (χ2n) is 6.04. The molecule has 1 aromatic rings. The molecule has 0 aromatic heterocycles. The second kappa shape index (κ2) is 7.53. The van der Waals surface area contributed by atoms with Crippen LogP contribution in [0.15, 0.2) is 17.0 Å². The van der Waals surface area contributed by atoms with E-state index < -0.39 is 10.0 Å². The maximum atomic E-state index is 13.1. The summed E-state index contributed by atoms with van der Waals surface area (Å²) < 4.78 is 38.9. The SMILES string of the molecule is CCOc1cc(S(=O)(=O)N2CCC[C@@H](C)C2)c(OCC)cc1C. The third-order valence-corrected chi connectivity index (χ3v) is 5.96. The zero-order valence-corrected chi connectivity index (χ0v) is 15.3. The van der Waals surface area contributed by atoms with Crippen LogP contribution in [0.25, 0.3) is 0 Å². The van der Waals surface area contributed by atoms with Crippen LogP contribution in [0.2, 0.25) is 0 Å². The molecule has 0 aliphatic carbocycles. The Kier molecular flexibility index (Phi) is 5.92. The molecule has 5 nitrogen and oxygen atoms in total. The topological polar surface area (TPSA) is 55.8 Å². The molecule has 0 N–H and O–H groups in total. The molecule has 0 unspecified atom stereocenters. The van der Waals surface area contributed by atoms with Gasteiger partial charge in [0.15, 0.2) is 0 Å². The molecule has 1 heterocycles. The first-order valence-corrected chi connectivity index (χ1v) is 9.74. The van der Waals surface area contributed by atoms with E-state index in [0.29, 0.717) is 43.7 Å². The quantitative estimate of drug-likeness (QED) is 0.797. The Hall–Kier alpha value is -1.27. The Balaban J connectivity index is 2.47. The van der Waals surface area contributed by atoms with E-state index in [9.17, 15) is 8.42 Å². The van der Waals surface area contributed by atoms with Crippen LogP contribution in [-0.2, 0) is 10.0 Å². The molecular weight excluding hydrogens is 314 g/mol. The Bertz CT molecular complexity index is 642. The summed E-state index contributed by atoms with van der Waals surface area (Å²) in [6.45, 7) is 9.77. The standard InChI is InChI=1S/C17H27NO4S/c1-5-21-15-11-17(16(22-6-2)10-14(15)4)23(19,20)18-9-7-8-13(3)12-18/h10-11,13H,5-9,12H2,1-4H3/t13-/m1/s1. The maximum absolute atomic E-state index is 13.1. The van der Waals surface area contributed by atoms with E-state index in [-0.39, 0.29) is 4.90 Å². The fourth-order valence-corrected chi connectivity index (χ4v) is 4.65. The molecule has 1 saturated heterocycles. The van der Waals surface area contributed by atoms with Crippen LogP contribution < -0.4 is 9.47 Å². The van der Waals surface area contributed by atoms with Gasteiger partial charge in [0.05, 0.1) is 13.2 Å². The molecule has 6 heteroatoms. The third-order valence-electron chi connectivity index (χ3n) is 4.08. The van der Waals surface area contributed by atoms with Crippen molar-refractivity contribution in [3.05, 3.63) is 17.7 Å². The molecule has 23 heavy (non-hydrogen) atoms. The molecule has 1 aliphatic rings. The van der Waals surface area contributed by atoms with E-state index in [1.807, 2.05) is 20.8 Å². The monoisotopic (exact) mass is 341 g/mol. The lowest BCUT2D eigenvalue weighted by Crippen LogP contribution is -2.39. The van der Waals surface area contributed by atoms with Gasteiger partial charge in [-0.25, -0.2) is 8.42 Å². The first-order chi connectivity index (χ1) is 10.9. The van der Waals surface area contributed by atoms with Gasteiger partial charge in [0.1, 0.15) is 16.4 Å². The minimum absolute atomic E-state index is 0.211. The number of rotatable bonds is 6. The Morgan fingerprint density at radius 1 is 1.17 bits per heavy atom. The van der Waals surface area contributed by atoms with Crippen molar-refractivity contribution in [3.63, 3.8) is 0 Å². The normalized spacial score (nSPS) is 19.6. The molecule has 1 atom stereocenters. The van der Waals surface area contributed by atoms with Crippen molar-refractivity contribution in [2.45, 2.75) is 45.4 Å². The predicted molar refractivity (Wildman–Crippen MR) is 90.7 cm³/mol. The van der Waals surface area contributed by atoms with Crippen LogP contribution in [0.4, 0.5) is 0 Å². The van der Waals surface area contributed by atoms with Gasteiger partial charge in [0.2, 0.25) is 10.0 Å². The second-order valence-corrected chi connectivity index (χ2v) is 7.95. The molecular formula is C17H27NO4S.